The standard InChI is InChI=1S/C14H18N6O3S/c1-14-4-8-10(24-12(17-8)18-11(21)16-2)9(20(14)7-15)5-19(6-14)13(22)23-3/h9H,4-6H2,1-3H3,(H2,16,17,18,21). The lowest BCUT2D eigenvalue weighted by atomic mass is 9.83. The van der Waals surface area contributed by atoms with E-state index >= 15 is 0 Å². The van der Waals surface area contributed by atoms with Crippen LogP contribution in [0.1, 0.15) is 23.5 Å². The third-order valence-electron chi connectivity index (χ3n) is 4.38. The molecule has 1 fully saturated rings. The van der Waals surface area contributed by atoms with Crippen LogP contribution >= 0.6 is 11.3 Å². The first-order valence-electron chi connectivity index (χ1n) is 7.42. The van der Waals surface area contributed by atoms with Gasteiger partial charge in [-0.25, -0.2) is 14.6 Å². The first kappa shape index (κ1) is 16.3. The average Bonchev–Trinajstić information content (AvgIpc) is 2.93. The molecular formula is C14H18N6O3S. The summed E-state index contributed by atoms with van der Waals surface area (Å²) in [6.07, 6.45) is 2.38. The van der Waals surface area contributed by atoms with Gasteiger partial charge in [-0.1, -0.05) is 11.3 Å². The van der Waals surface area contributed by atoms with Gasteiger partial charge in [0, 0.05) is 20.0 Å². The average molecular weight is 350 g/mol. The van der Waals surface area contributed by atoms with Gasteiger partial charge >= 0.3 is 12.1 Å². The van der Waals surface area contributed by atoms with Crippen LogP contribution in [-0.2, 0) is 11.2 Å². The Hall–Kier alpha value is -2.54. The molecule has 0 aromatic carbocycles. The fourth-order valence-corrected chi connectivity index (χ4v) is 4.40. The highest BCUT2D eigenvalue weighted by molar-refractivity contribution is 7.16. The van der Waals surface area contributed by atoms with Crippen molar-refractivity contribution in [3.63, 3.8) is 0 Å². The second-order valence-corrected chi connectivity index (χ2v) is 7.07. The fraction of sp³-hybridized carbons (Fsp3) is 0.571. The van der Waals surface area contributed by atoms with Crippen molar-refractivity contribution in [1.29, 1.82) is 5.26 Å². The number of piperazine rings is 1. The molecule has 10 heteroatoms. The Bertz CT molecular complexity index is 729. The molecule has 3 rings (SSSR count). The number of methoxy groups -OCH3 is 1. The van der Waals surface area contributed by atoms with Crippen LogP contribution in [0.15, 0.2) is 0 Å². The van der Waals surface area contributed by atoms with Gasteiger partial charge in [-0.3, -0.25) is 10.2 Å². The van der Waals surface area contributed by atoms with Crippen LogP contribution in [0.25, 0.3) is 0 Å². The monoisotopic (exact) mass is 350 g/mol. The lowest BCUT2D eigenvalue weighted by Gasteiger charge is -2.52. The topological polar surface area (TPSA) is 111 Å². The summed E-state index contributed by atoms with van der Waals surface area (Å²) in [5.74, 6) is 0. The zero-order valence-corrected chi connectivity index (χ0v) is 14.4. The van der Waals surface area contributed by atoms with Gasteiger partial charge < -0.3 is 15.0 Å². The molecule has 24 heavy (non-hydrogen) atoms. The minimum absolute atomic E-state index is 0.283. The molecule has 2 aliphatic rings. The Morgan fingerprint density at radius 3 is 2.92 bits per heavy atom. The van der Waals surface area contributed by atoms with Gasteiger partial charge in [0.15, 0.2) is 11.3 Å². The second kappa shape index (κ2) is 5.83. The van der Waals surface area contributed by atoms with E-state index in [4.69, 9.17) is 4.74 Å². The summed E-state index contributed by atoms with van der Waals surface area (Å²) in [6.45, 7) is 2.68. The van der Waals surface area contributed by atoms with Crippen LogP contribution in [0.2, 0.25) is 0 Å². The lowest BCUT2D eigenvalue weighted by Crippen LogP contribution is -2.64. The molecule has 0 aliphatic carbocycles. The molecule has 1 saturated heterocycles. The van der Waals surface area contributed by atoms with Crippen molar-refractivity contribution < 1.29 is 14.3 Å². The molecule has 0 radical (unpaired) electrons. The Balaban J connectivity index is 1.97. The zero-order chi connectivity index (χ0) is 17.5. The van der Waals surface area contributed by atoms with E-state index in [1.165, 1.54) is 25.5 Å². The van der Waals surface area contributed by atoms with Crippen molar-refractivity contribution in [2.24, 2.45) is 0 Å². The summed E-state index contributed by atoms with van der Waals surface area (Å²) in [7, 11) is 2.88. The van der Waals surface area contributed by atoms with Gasteiger partial charge in [0.1, 0.15) is 0 Å². The number of aromatic nitrogens is 1. The first-order chi connectivity index (χ1) is 11.4. The van der Waals surface area contributed by atoms with E-state index in [-0.39, 0.29) is 12.1 Å². The quantitative estimate of drug-likeness (QED) is 0.734. The van der Waals surface area contributed by atoms with Gasteiger partial charge in [0.2, 0.25) is 0 Å². The van der Waals surface area contributed by atoms with Gasteiger partial charge in [-0.15, -0.1) is 0 Å². The number of thiazole rings is 1. The van der Waals surface area contributed by atoms with E-state index in [1.807, 2.05) is 6.92 Å². The first-order valence-corrected chi connectivity index (χ1v) is 8.24. The summed E-state index contributed by atoms with van der Waals surface area (Å²) in [4.78, 5) is 32.2. The smallest absolute Gasteiger partial charge is 0.409 e. The number of fused-ring (bicyclic) bond motifs is 4. The molecule has 1 aromatic heterocycles. The van der Waals surface area contributed by atoms with Crippen LogP contribution in [0, 0.1) is 11.5 Å². The van der Waals surface area contributed by atoms with E-state index in [2.05, 4.69) is 21.8 Å². The van der Waals surface area contributed by atoms with Gasteiger partial charge in [0.05, 0.1) is 35.8 Å². The Morgan fingerprint density at radius 2 is 2.29 bits per heavy atom. The van der Waals surface area contributed by atoms with Crippen LogP contribution in [0.4, 0.5) is 14.7 Å². The maximum absolute atomic E-state index is 12.0. The number of urea groups is 1. The molecule has 0 spiro atoms. The number of amides is 3. The molecule has 2 aliphatic heterocycles. The van der Waals surface area contributed by atoms with E-state index in [0.717, 1.165) is 10.6 Å². The number of nitrogens with zero attached hydrogens (tertiary/aromatic N) is 4. The third kappa shape index (κ3) is 2.50. The molecule has 0 saturated carbocycles. The molecule has 128 valence electrons. The van der Waals surface area contributed by atoms with E-state index in [9.17, 15) is 14.9 Å². The number of rotatable bonds is 1. The summed E-state index contributed by atoms with van der Waals surface area (Å²) < 4.78 is 4.84. The fourth-order valence-electron chi connectivity index (χ4n) is 3.34. The number of ether oxygens (including phenoxy) is 1. The summed E-state index contributed by atoms with van der Waals surface area (Å²) in [5, 5.41) is 15.2. The third-order valence-corrected chi connectivity index (χ3v) is 5.50. The molecule has 2 N–H and O–H groups in total. The van der Waals surface area contributed by atoms with E-state index in [0.29, 0.717) is 24.6 Å². The minimum Gasteiger partial charge on any atom is -0.453 e. The second-order valence-electron chi connectivity index (χ2n) is 6.04. The lowest BCUT2D eigenvalue weighted by molar-refractivity contribution is -0.00298. The van der Waals surface area contributed by atoms with Crippen LogP contribution in [-0.4, -0.2) is 59.7 Å². The highest BCUT2D eigenvalue weighted by Crippen LogP contribution is 2.45. The highest BCUT2D eigenvalue weighted by Gasteiger charge is 2.50. The van der Waals surface area contributed by atoms with E-state index in [1.54, 1.807) is 9.80 Å². The Kier molecular flexibility index (Phi) is 3.96. The van der Waals surface area contributed by atoms with Crippen molar-refractivity contribution in [1.82, 2.24) is 20.1 Å². The van der Waals surface area contributed by atoms with Crippen LogP contribution < -0.4 is 10.6 Å². The molecule has 2 atom stereocenters. The predicted molar refractivity (Wildman–Crippen MR) is 86.5 cm³/mol. The molecule has 1 aromatic rings. The number of anilines is 1. The maximum atomic E-state index is 12.0. The molecule has 9 nitrogen and oxygen atoms in total. The number of hydrogen-bond acceptors (Lipinski definition) is 7. The number of carbonyl (C=O) groups is 2. The summed E-state index contributed by atoms with van der Waals surface area (Å²) >= 11 is 1.33. The van der Waals surface area contributed by atoms with Gasteiger partial charge in [0.25, 0.3) is 0 Å². The summed E-state index contributed by atoms with van der Waals surface area (Å²) in [5.41, 5.74) is 0.326. The molecule has 3 amide bonds. The largest absolute Gasteiger partial charge is 0.453 e. The van der Waals surface area contributed by atoms with Crippen molar-refractivity contribution in [3.8, 4) is 6.19 Å². The van der Waals surface area contributed by atoms with Crippen molar-refractivity contribution in [2.75, 3.05) is 32.6 Å². The van der Waals surface area contributed by atoms with Gasteiger partial charge in [-0.05, 0) is 6.92 Å². The normalized spacial score (nSPS) is 24.7. The van der Waals surface area contributed by atoms with Crippen LogP contribution in [0.5, 0.6) is 0 Å². The molecule has 2 bridgehead atoms. The van der Waals surface area contributed by atoms with Crippen molar-refractivity contribution in [3.05, 3.63) is 10.6 Å². The number of hydrogen-bond donors (Lipinski definition) is 2. The SMILES string of the molecule is CNC(=O)Nc1nc2c(s1)C1CN(C(=O)OC)CC(C)(C2)N1C#N. The predicted octanol–water partition coefficient (Wildman–Crippen LogP) is 1.12. The number of nitriles is 1. The van der Waals surface area contributed by atoms with Crippen molar-refractivity contribution in [2.45, 2.75) is 24.9 Å². The number of nitrogens with one attached hydrogen (secondary N) is 2. The number of carbonyl (C=O) groups excluding carboxylic acids is 2. The van der Waals surface area contributed by atoms with Crippen LogP contribution in [0.3, 0.4) is 0 Å². The maximum Gasteiger partial charge on any atom is 0.409 e. The highest BCUT2D eigenvalue weighted by atomic mass is 32.1. The Morgan fingerprint density at radius 1 is 1.54 bits per heavy atom. The molecule has 3 heterocycles. The zero-order valence-electron chi connectivity index (χ0n) is 13.6. The Labute approximate surface area is 143 Å². The molecular weight excluding hydrogens is 332 g/mol. The van der Waals surface area contributed by atoms with Crippen molar-refractivity contribution >= 4 is 28.6 Å². The molecule has 2 unspecified atom stereocenters. The minimum atomic E-state index is -0.544. The van der Waals surface area contributed by atoms with Gasteiger partial charge in [-0.2, -0.15) is 5.26 Å². The summed E-state index contributed by atoms with van der Waals surface area (Å²) in [6, 6.07) is -0.627. The van der Waals surface area contributed by atoms with E-state index < -0.39 is 11.6 Å².